The van der Waals surface area contributed by atoms with Crippen LogP contribution in [0.4, 0.5) is 43.9 Å². The third-order valence-electron chi connectivity index (χ3n) is 1.19. The maximum Gasteiger partial charge on any atom is 0.460 e. The second-order valence-electron chi connectivity index (χ2n) is 2.22. The average molecular weight is 250 g/mol. The Balaban J connectivity index is 5.49. The van der Waals surface area contributed by atoms with Crippen LogP contribution in [-0.4, -0.2) is 18.0 Å². The number of halogens is 10. The van der Waals surface area contributed by atoms with Crippen molar-refractivity contribution in [3.05, 3.63) is 11.9 Å². The Bertz CT molecular complexity index is 266. The van der Waals surface area contributed by atoms with Gasteiger partial charge in [-0.05, 0) is 0 Å². The van der Waals surface area contributed by atoms with E-state index in [0.717, 1.165) is 0 Å². The van der Waals surface area contributed by atoms with Crippen molar-refractivity contribution in [1.82, 2.24) is 0 Å². The van der Waals surface area contributed by atoms with Crippen LogP contribution in [0.1, 0.15) is 0 Å². The number of alkyl halides is 7. The zero-order valence-corrected chi connectivity index (χ0v) is 6.28. The molecule has 0 rings (SSSR count). The first kappa shape index (κ1) is 14.0. The van der Waals surface area contributed by atoms with Gasteiger partial charge in [0.05, 0.1) is 0 Å². The number of allylic oxidation sites excluding steroid dienone is 1. The van der Waals surface area contributed by atoms with Gasteiger partial charge in [-0.2, -0.15) is 43.9 Å². The summed E-state index contributed by atoms with van der Waals surface area (Å²) in [6.45, 7) is 0. The monoisotopic (exact) mass is 250 g/mol. The van der Waals surface area contributed by atoms with E-state index < -0.39 is 29.9 Å². The normalized spacial score (nSPS) is 14.0. The van der Waals surface area contributed by atoms with Gasteiger partial charge in [-0.3, -0.25) is 0 Å². The fourth-order valence-corrected chi connectivity index (χ4v) is 0.435. The molecule has 0 heterocycles. The predicted octanol–water partition coefficient (Wildman–Crippen LogP) is 3.90. The van der Waals surface area contributed by atoms with E-state index in [1.54, 1.807) is 0 Å². The molecular formula is C5F10. The van der Waals surface area contributed by atoms with Crippen LogP contribution < -0.4 is 0 Å². The van der Waals surface area contributed by atoms with Crippen LogP contribution in [0, 0.1) is 0 Å². The Hall–Kier alpha value is -0.960. The molecule has 0 radical (unpaired) electrons. The highest BCUT2D eigenvalue weighted by Gasteiger charge is 2.75. The van der Waals surface area contributed by atoms with Crippen molar-refractivity contribution in [2.45, 2.75) is 18.0 Å². The molecule has 90 valence electrons. The quantitative estimate of drug-likeness (QED) is 0.652. The molecule has 0 aromatic heterocycles. The standard InChI is InChI=1S/C5F10/c6-1(2(7)8)3(9,10)4(11,12)5(13,14)15. The Kier molecular flexibility index (Phi) is 3.33. The molecule has 0 unspecified atom stereocenters. The molecule has 0 saturated heterocycles. The molecule has 0 aromatic carbocycles. The molecule has 0 fully saturated rings. The average Bonchev–Trinajstić information content (AvgIpc) is 2.00. The van der Waals surface area contributed by atoms with E-state index in [1.807, 2.05) is 0 Å². The molecule has 10 heteroatoms. The lowest BCUT2D eigenvalue weighted by molar-refractivity contribution is -0.348. The highest BCUT2D eigenvalue weighted by atomic mass is 19.4. The van der Waals surface area contributed by atoms with E-state index in [0.29, 0.717) is 0 Å². The lowest BCUT2D eigenvalue weighted by Gasteiger charge is -2.26. The van der Waals surface area contributed by atoms with Crippen LogP contribution in [0.15, 0.2) is 11.9 Å². The first-order valence-corrected chi connectivity index (χ1v) is 2.89. The Labute approximate surface area is 75.2 Å². The van der Waals surface area contributed by atoms with Gasteiger partial charge in [0.1, 0.15) is 0 Å². The Morgan fingerprint density at radius 2 is 1.00 bits per heavy atom. The molecule has 0 N–H and O–H groups in total. The summed E-state index contributed by atoms with van der Waals surface area (Å²) in [7, 11) is 0. The van der Waals surface area contributed by atoms with E-state index in [4.69, 9.17) is 0 Å². The van der Waals surface area contributed by atoms with Gasteiger partial charge in [0.15, 0.2) is 0 Å². The van der Waals surface area contributed by atoms with Crippen molar-refractivity contribution < 1.29 is 43.9 Å². The molecule has 0 atom stereocenters. The Morgan fingerprint density at radius 1 is 0.667 bits per heavy atom. The minimum atomic E-state index is -6.91. The van der Waals surface area contributed by atoms with Gasteiger partial charge < -0.3 is 0 Å². The highest BCUT2D eigenvalue weighted by molar-refractivity contribution is 5.12. The van der Waals surface area contributed by atoms with Crippen molar-refractivity contribution in [2.24, 2.45) is 0 Å². The zero-order valence-electron chi connectivity index (χ0n) is 6.28. The summed E-state index contributed by atoms with van der Waals surface area (Å²) in [5.41, 5.74) is 0. The van der Waals surface area contributed by atoms with E-state index in [9.17, 15) is 43.9 Å². The molecule has 0 nitrogen and oxygen atoms in total. The number of hydrogen-bond acceptors (Lipinski definition) is 0. The fourth-order valence-electron chi connectivity index (χ4n) is 0.435. The van der Waals surface area contributed by atoms with E-state index in [1.165, 1.54) is 0 Å². The summed E-state index contributed by atoms with van der Waals surface area (Å²) < 4.78 is 116. The number of hydrogen-bond donors (Lipinski definition) is 0. The molecule has 0 aliphatic rings. The van der Waals surface area contributed by atoms with Crippen LogP contribution >= 0.6 is 0 Å². The van der Waals surface area contributed by atoms with Gasteiger partial charge in [0, 0.05) is 0 Å². The van der Waals surface area contributed by atoms with Crippen molar-refractivity contribution in [3.8, 4) is 0 Å². The SMILES string of the molecule is FC(F)=C(F)C(F)(F)C(F)(F)C(F)(F)F. The second kappa shape index (κ2) is 3.56. The van der Waals surface area contributed by atoms with Gasteiger partial charge in [-0.1, -0.05) is 0 Å². The van der Waals surface area contributed by atoms with Crippen LogP contribution in [0.25, 0.3) is 0 Å². The van der Waals surface area contributed by atoms with Crippen LogP contribution in [-0.2, 0) is 0 Å². The van der Waals surface area contributed by atoms with E-state index in [2.05, 4.69) is 0 Å². The van der Waals surface area contributed by atoms with E-state index in [-0.39, 0.29) is 0 Å². The minimum Gasteiger partial charge on any atom is -0.199 e. The molecule has 0 aliphatic carbocycles. The van der Waals surface area contributed by atoms with Gasteiger partial charge in [0.2, 0.25) is 5.83 Å². The van der Waals surface area contributed by atoms with Crippen molar-refractivity contribution in [2.75, 3.05) is 0 Å². The predicted molar refractivity (Wildman–Crippen MR) is 26.3 cm³/mol. The third-order valence-corrected chi connectivity index (χ3v) is 1.19. The minimum absolute atomic E-state index is 3.94. The van der Waals surface area contributed by atoms with Gasteiger partial charge in [0.25, 0.3) is 0 Å². The summed E-state index contributed by atoms with van der Waals surface area (Å²) in [6, 6.07) is 0. The van der Waals surface area contributed by atoms with Crippen molar-refractivity contribution in [3.63, 3.8) is 0 Å². The first-order valence-electron chi connectivity index (χ1n) is 2.89. The van der Waals surface area contributed by atoms with Gasteiger partial charge in [-0.25, -0.2) is 0 Å². The molecule has 0 spiro atoms. The fraction of sp³-hybridized carbons (Fsp3) is 0.600. The van der Waals surface area contributed by atoms with Crippen molar-refractivity contribution >= 4 is 0 Å². The van der Waals surface area contributed by atoms with Gasteiger partial charge >= 0.3 is 24.1 Å². The molecule has 15 heavy (non-hydrogen) atoms. The second-order valence-corrected chi connectivity index (χ2v) is 2.22. The zero-order chi connectivity index (χ0) is 12.7. The molecule has 0 amide bonds. The summed E-state index contributed by atoms with van der Waals surface area (Å²) >= 11 is 0. The molecule has 0 aliphatic heterocycles. The van der Waals surface area contributed by atoms with E-state index >= 15 is 0 Å². The number of rotatable bonds is 2. The summed E-state index contributed by atoms with van der Waals surface area (Å²) in [4.78, 5) is 0. The topological polar surface area (TPSA) is 0 Å². The van der Waals surface area contributed by atoms with Crippen LogP contribution in [0.3, 0.4) is 0 Å². The van der Waals surface area contributed by atoms with Gasteiger partial charge in [-0.15, -0.1) is 0 Å². The lowest BCUT2D eigenvalue weighted by Crippen LogP contribution is -2.52. The molecule has 0 aromatic rings. The third kappa shape index (κ3) is 2.17. The smallest absolute Gasteiger partial charge is 0.199 e. The largest absolute Gasteiger partial charge is 0.460 e. The summed E-state index contributed by atoms with van der Waals surface area (Å²) in [5, 5.41) is 0. The maximum atomic E-state index is 12.0. The van der Waals surface area contributed by atoms with Crippen LogP contribution in [0.2, 0.25) is 0 Å². The van der Waals surface area contributed by atoms with Crippen molar-refractivity contribution in [1.29, 1.82) is 0 Å². The first-order chi connectivity index (χ1) is 6.35. The molecule has 0 saturated carbocycles. The molecular weight excluding hydrogens is 250 g/mol. The van der Waals surface area contributed by atoms with Crippen LogP contribution in [0.5, 0.6) is 0 Å². The lowest BCUT2D eigenvalue weighted by atomic mass is 10.1. The summed E-state index contributed by atoms with van der Waals surface area (Å²) in [6.07, 6.45) is -10.8. The Morgan fingerprint density at radius 3 is 1.20 bits per heavy atom. The summed E-state index contributed by atoms with van der Waals surface area (Å²) in [5.74, 6) is -17.7. The highest BCUT2D eigenvalue weighted by Crippen LogP contribution is 2.50. The molecule has 0 bridgehead atoms. The maximum absolute atomic E-state index is 12.0.